The standard InChI is InChI=1S/C14H16NO/c15-13(10-11-6-2-1-3-7-11)14(16)12-8-4-5-9-12/h1-9,13-14,16H,10,15H2/t13-,14+/m1/s1. The first-order valence-electron chi connectivity index (χ1n) is 5.46. The van der Waals surface area contributed by atoms with E-state index in [0.717, 1.165) is 11.5 Å². The third-order valence-corrected chi connectivity index (χ3v) is 2.75. The zero-order valence-corrected chi connectivity index (χ0v) is 9.08. The minimum Gasteiger partial charge on any atom is -0.391 e. The van der Waals surface area contributed by atoms with Crippen LogP contribution in [-0.4, -0.2) is 17.3 Å². The fourth-order valence-corrected chi connectivity index (χ4v) is 1.83. The van der Waals surface area contributed by atoms with Crippen molar-refractivity contribution in [2.24, 2.45) is 5.73 Å². The van der Waals surface area contributed by atoms with Crippen LogP contribution in [0.5, 0.6) is 0 Å². The van der Waals surface area contributed by atoms with Crippen LogP contribution in [0, 0.1) is 31.6 Å². The second-order valence-corrected chi connectivity index (χ2v) is 4.02. The summed E-state index contributed by atoms with van der Waals surface area (Å²) in [6.45, 7) is 0. The zero-order valence-electron chi connectivity index (χ0n) is 9.08. The van der Waals surface area contributed by atoms with E-state index >= 15 is 0 Å². The minimum atomic E-state index is -0.588. The van der Waals surface area contributed by atoms with E-state index in [0.29, 0.717) is 6.42 Å². The van der Waals surface area contributed by atoms with E-state index in [1.165, 1.54) is 0 Å². The number of nitrogens with two attached hydrogens (primary N) is 1. The van der Waals surface area contributed by atoms with Gasteiger partial charge in [0.05, 0.1) is 6.10 Å². The van der Waals surface area contributed by atoms with Crippen LogP contribution in [-0.2, 0) is 6.42 Å². The molecule has 2 atom stereocenters. The highest BCUT2D eigenvalue weighted by Gasteiger charge is 2.29. The van der Waals surface area contributed by atoms with Gasteiger partial charge in [0.1, 0.15) is 0 Å². The number of rotatable bonds is 4. The molecule has 1 aliphatic rings. The predicted octanol–water partition coefficient (Wildman–Crippen LogP) is 1.32. The van der Waals surface area contributed by atoms with Crippen molar-refractivity contribution in [1.29, 1.82) is 0 Å². The normalized spacial score (nSPS) is 20.9. The molecule has 0 heterocycles. The van der Waals surface area contributed by atoms with Crippen molar-refractivity contribution < 1.29 is 5.11 Å². The summed E-state index contributed by atoms with van der Waals surface area (Å²) in [7, 11) is 0. The lowest BCUT2D eigenvalue weighted by atomic mass is 9.91. The van der Waals surface area contributed by atoms with E-state index < -0.39 is 6.10 Å². The number of hydrogen-bond donors (Lipinski definition) is 2. The predicted molar refractivity (Wildman–Crippen MR) is 64.6 cm³/mol. The molecule has 0 aromatic heterocycles. The highest BCUT2D eigenvalue weighted by Crippen LogP contribution is 2.28. The average Bonchev–Trinajstić information content (AvgIpc) is 2.83. The van der Waals surface area contributed by atoms with Crippen LogP contribution in [0.3, 0.4) is 0 Å². The molecule has 2 nitrogen and oxygen atoms in total. The molecule has 2 rings (SSSR count). The van der Waals surface area contributed by atoms with Crippen molar-refractivity contribution in [2.75, 3.05) is 0 Å². The van der Waals surface area contributed by atoms with Crippen LogP contribution in [0.4, 0.5) is 0 Å². The van der Waals surface area contributed by atoms with Gasteiger partial charge in [-0.3, -0.25) is 0 Å². The smallest absolute Gasteiger partial charge is 0.0762 e. The molecule has 0 aliphatic heterocycles. The van der Waals surface area contributed by atoms with Crippen molar-refractivity contribution >= 4 is 0 Å². The molecule has 0 spiro atoms. The molecule has 0 amide bonds. The first-order chi connectivity index (χ1) is 7.77. The number of aliphatic hydroxyl groups excluding tert-OH is 1. The van der Waals surface area contributed by atoms with Crippen molar-refractivity contribution in [3.05, 3.63) is 67.5 Å². The van der Waals surface area contributed by atoms with Gasteiger partial charge in [-0.15, -0.1) is 0 Å². The summed E-state index contributed by atoms with van der Waals surface area (Å²) in [6, 6.07) is 9.73. The Morgan fingerprint density at radius 3 is 2.31 bits per heavy atom. The molecule has 1 aromatic carbocycles. The summed E-state index contributed by atoms with van der Waals surface area (Å²) in [5.41, 5.74) is 7.14. The first-order valence-corrected chi connectivity index (χ1v) is 5.46. The van der Waals surface area contributed by atoms with Gasteiger partial charge in [-0.1, -0.05) is 30.3 Å². The van der Waals surface area contributed by atoms with Crippen LogP contribution in [0.25, 0.3) is 0 Å². The summed E-state index contributed by atoms with van der Waals surface area (Å²) >= 11 is 0. The zero-order chi connectivity index (χ0) is 11.4. The Hall–Kier alpha value is -0.860. The van der Waals surface area contributed by atoms with E-state index in [1.807, 2.05) is 56.0 Å². The Morgan fingerprint density at radius 2 is 1.69 bits per heavy atom. The highest BCUT2D eigenvalue weighted by molar-refractivity contribution is 5.38. The Bertz CT molecular complexity index is 306. The molecule has 0 bridgehead atoms. The van der Waals surface area contributed by atoms with Crippen LogP contribution in [0.15, 0.2) is 30.3 Å². The van der Waals surface area contributed by atoms with E-state index in [2.05, 4.69) is 0 Å². The molecule has 0 saturated heterocycles. The highest BCUT2D eigenvalue weighted by atomic mass is 16.3. The van der Waals surface area contributed by atoms with E-state index in [9.17, 15) is 5.11 Å². The lowest BCUT2D eigenvalue weighted by Gasteiger charge is -2.23. The summed E-state index contributed by atoms with van der Waals surface area (Å²) in [6.07, 6.45) is 7.72. The van der Waals surface area contributed by atoms with Gasteiger partial charge in [-0.25, -0.2) is 0 Å². The average molecular weight is 214 g/mol. The Labute approximate surface area is 97.5 Å². The summed E-state index contributed by atoms with van der Waals surface area (Å²) < 4.78 is 0. The topological polar surface area (TPSA) is 46.2 Å². The Balaban J connectivity index is 1.89. The van der Waals surface area contributed by atoms with Gasteiger partial charge in [0.2, 0.25) is 0 Å². The first kappa shape index (κ1) is 11.6. The molecule has 3 N–H and O–H groups in total. The fraction of sp³-hybridized carbons (Fsp3) is 0.214. The quantitative estimate of drug-likeness (QED) is 0.794. The molecule has 1 saturated carbocycles. The van der Waals surface area contributed by atoms with Gasteiger partial charge in [0.15, 0.2) is 0 Å². The third kappa shape index (κ3) is 2.83. The van der Waals surface area contributed by atoms with Gasteiger partial charge in [-0.05, 0) is 37.7 Å². The molecule has 1 fully saturated rings. The van der Waals surface area contributed by atoms with Crippen molar-refractivity contribution in [1.82, 2.24) is 0 Å². The molecular weight excluding hydrogens is 198 g/mol. The van der Waals surface area contributed by atoms with Gasteiger partial charge in [0.25, 0.3) is 0 Å². The Kier molecular flexibility index (Phi) is 3.97. The summed E-state index contributed by atoms with van der Waals surface area (Å²) in [4.78, 5) is 0. The largest absolute Gasteiger partial charge is 0.391 e. The van der Waals surface area contributed by atoms with Crippen molar-refractivity contribution in [2.45, 2.75) is 18.6 Å². The molecule has 16 heavy (non-hydrogen) atoms. The SMILES string of the molecule is N[C@H](Cc1ccccc1)[C@@H](O)[C]1[CH][CH][CH][CH]1. The van der Waals surface area contributed by atoms with Crippen molar-refractivity contribution in [3.8, 4) is 0 Å². The molecule has 2 heteroatoms. The molecule has 1 aromatic rings. The van der Waals surface area contributed by atoms with Crippen LogP contribution < -0.4 is 5.73 Å². The lowest BCUT2D eigenvalue weighted by Crippen LogP contribution is -2.40. The third-order valence-electron chi connectivity index (χ3n) is 2.75. The van der Waals surface area contributed by atoms with E-state index in [1.54, 1.807) is 0 Å². The summed E-state index contributed by atoms with van der Waals surface area (Å²) in [5, 5.41) is 10.0. The lowest BCUT2D eigenvalue weighted by molar-refractivity contribution is 0.164. The van der Waals surface area contributed by atoms with Crippen LogP contribution in [0.2, 0.25) is 0 Å². The summed E-state index contributed by atoms with van der Waals surface area (Å²) in [5.74, 6) is 0.892. The monoisotopic (exact) mass is 214 g/mol. The number of aliphatic hydroxyl groups is 1. The van der Waals surface area contributed by atoms with Gasteiger partial charge in [-0.2, -0.15) is 0 Å². The van der Waals surface area contributed by atoms with Gasteiger partial charge in [0, 0.05) is 12.0 Å². The maximum absolute atomic E-state index is 10.0. The van der Waals surface area contributed by atoms with Gasteiger partial charge < -0.3 is 10.8 Å². The molecule has 5 radical (unpaired) electrons. The number of benzene rings is 1. The van der Waals surface area contributed by atoms with Crippen LogP contribution >= 0.6 is 0 Å². The number of hydrogen-bond acceptors (Lipinski definition) is 2. The second kappa shape index (κ2) is 5.46. The van der Waals surface area contributed by atoms with E-state index in [-0.39, 0.29) is 6.04 Å². The van der Waals surface area contributed by atoms with Gasteiger partial charge >= 0.3 is 0 Å². The molecule has 1 aliphatic carbocycles. The fourth-order valence-electron chi connectivity index (χ4n) is 1.83. The molecule has 83 valence electrons. The molecule has 0 unspecified atom stereocenters. The van der Waals surface area contributed by atoms with E-state index in [4.69, 9.17) is 5.73 Å². The minimum absolute atomic E-state index is 0.259. The Morgan fingerprint density at radius 1 is 1.06 bits per heavy atom. The maximum atomic E-state index is 10.0. The molecular formula is C14H16NO. The van der Waals surface area contributed by atoms with Crippen LogP contribution in [0.1, 0.15) is 5.56 Å². The maximum Gasteiger partial charge on any atom is 0.0762 e. The van der Waals surface area contributed by atoms with Crippen molar-refractivity contribution in [3.63, 3.8) is 0 Å². The second-order valence-electron chi connectivity index (χ2n) is 4.02.